The van der Waals surface area contributed by atoms with Crippen LogP contribution < -0.4 is 5.73 Å². The average Bonchev–Trinajstić information content (AvgIpc) is 2.68. The Bertz CT molecular complexity index is 473. The van der Waals surface area contributed by atoms with Crippen LogP contribution in [0.25, 0.3) is 5.65 Å². The van der Waals surface area contributed by atoms with Crippen molar-refractivity contribution in [1.29, 1.82) is 0 Å². The second-order valence-electron chi connectivity index (χ2n) is 4.23. The summed E-state index contributed by atoms with van der Waals surface area (Å²) in [6.07, 6.45) is 3.06. The molecule has 4 nitrogen and oxygen atoms in total. The molecule has 0 saturated carbocycles. The van der Waals surface area contributed by atoms with Crippen LogP contribution in [-0.4, -0.2) is 34.9 Å². The Morgan fingerprint density at radius 1 is 1.38 bits per heavy atom. The summed E-state index contributed by atoms with van der Waals surface area (Å²) in [5, 5.41) is 0. The second kappa shape index (κ2) is 4.63. The molecular formula is C12H18N4. The minimum Gasteiger partial charge on any atom is -0.325 e. The Hall–Kier alpha value is -1.39. The number of likely N-dealkylation sites (N-methyl/N-ethyl adjacent to an activating group) is 1. The van der Waals surface area contributed by atoms with E-state index in [9.17, 15) is 0 Å². The predicted molar refractivity (Wildman–Crippen MR) is 65.3 cm³/mol. The lowest BCUT2D eigenvalue weighted by Gasteiger charge is -2.06. The summed E-state index contributed by atoms with van der Waals surface area (Å²) in [7, 11) is 4.14. The number of pyridine rings is 1. The van der Waals surface area contributed by atoms with Crippen LogP contribution in [0.3, 0.4) is 0 Å². The van der Waals surface area contributed by atoms with E-state index in [0.29, 0.717) is 6.54 Å². The molecule has 2 rings (SSSR count). The summed E-state index contributed by atoms with van der Waals surface area (Å²) in [5.74, 6) is 0. The summed E-state index contributed by atoms with van der Waals surface area (Å²) in [6.45, 7) is 1.56. The first kappa shape index (κ1) is 11.1. The Morgan fingerprint density at radius 3 is 2.88 bits per heavy atom. The zero-order valence-electron chi connectivity index (χ0n) is 9.85. The van der Waals surface area contributed by atoms with Gasteiger partial charge in [0.1, 0.15) is 5.65 Å². The molecule has 86 valence electrons. The Labute approximate surface area is 95.7 Å². The van der Waals surface area contributed by atoms with Crippen molar-refractivity contribution in [3.63, 3.8) is 0 Å². The molecule has 0 aliphatic heterocycles. The number of nitrogens with two attached hydrogens (primary N) is 1. The number of imidazole rings is 1. The van der Waals surface area contributed by atoms with Crippen LogP contribution in [0, 0.1) is 0 Å². The van der Waals surface area contributed by atoms with Crippen molar-refractivity contribution in [2.24, 2.45) is 5.73 Å². The summed E-state index contributed by atoms with van der Waals surface area (Å²) in [6, 6.07) is 6.04. The standard InChI is InChI=1S/C12H18N4/c1-15(2)7-6-10-9-16-11(8-13)4-3-5-12(16)14-10/h3-5,9H,6-8,13H2,1-2H3. The fraction of sp³-hybridized carbons (Fsp3) is 0.417. The van der Waals surface area contributed by atoms with Crippen LogP contribution in [0.1, 0.15) is 11.4 Å². The van der Waals surface area contributed by atoms with Gasteiger partial charge in [0.25, 0.3) is 0 Å². The summed E-state index contributed by atoms with van der Waals surface area (Å²) in [5.41, 5.74) is 8.89. The molecule has 0 spiro atoms. The molecule has 0 radical (unpaired) electrons. The lowest BCUT2D eigenvalue weighted by atomic mass is 10.3. The van der Waals surface area contributed by atoms with Gasteiger partial charge >= 0.3 is 0 Å². The molecule has 0 saturated heterocycles. The van der Waals surface area contributed by atoms with Gasteiger partial charge in [-0.25, -0.2) is 4.98 Å². The molecule has 2 heterocycles. The number of nitrogens with zero attached hydrogens (tertiary/aromatic N) is 3. The van der Waals surface area contributed by atoms with Crippen LogP contribution in [-0.2, 0) is 13.0 Å². The second-order valence-corrected chi connectivity index (χ2v) is 4.23. The van der Waals surface area contributed by atoms with E-state index in [1.165, 1.54) is 0 Å². The highest BCUT2D eigenvalue weighted by Crippen LogP contribution is 2.09. The van der Waals surface area contributed by atoms with Crippen molar-refractivity contribution >= 4 is 5.65 Å². The van der Waals surface area contributed by atoms with Crippen molar-refractivity contribution in [3.8, 4) is 0 Å². The summed E-state index contributed by atoms with van der Waals surface area (Å²) in [4.78, 5) is 6.73. The first-order valence-corrected chi connectivity index (χ1v) is 5.51. The fourth-order valence-corrected chi connectivity index (χ4v) is 1.74. The highest BCUT2D eigenvalue weighted by molar-refractivity contribution is 5.41. The van der Waals surface area contributed by atoms with Crippen molar-refractivity contribution in [2.75, 3.05) is 20.6 Å². The maximum Gasteiger partial charge on any atom is 0.137 e. The molecule has 0 aromatic carbocycles. The first-order valence-electron chi connectivity index (χ1n) is 5.51. The Morgan fingerprint density at radius 2 is 2.19 bits per heavy atom. The molecule has 2 N–H and O–H groups in total. The van der Waals surface area contributed by atoms with Gasteiger partial charge in [0.15, 0.2) is 0 Å². The van der Waals surface area contributed by atoms with Gasteiger partial charge in [-0.3, -0.25) is 0 Å². The molecule has 0 unspecified atom stereocenters. The number of rotatable bonds is 4. The Balaban J connectivity index is 2.29. The zero-order chi connectivity index (χ0) is 11.5. The smallest absolute Gasteiger partial charge is 0.137 e. The van der Waals surface area contributed by atoms with Gasteiger partial charge in [-0.2, -0.15) is 0 Å². The number of hydrogen-bond donors (Lipinski definition) is 1. The van der Waals surface area contributed by atoms with E-state index in [4.69, 9.17) is 5.73 Å². The van der Waals surface area contributed by atoms with Crippen molar-refractivity contribution < 1.29 is 0 Å². The third-order valence-electron chi connectivity index (χ3n) is 2.65. The normalized spacial score (nSPS) is 11.5. The minimum atomic E-state index is 0.542. The van der Waals surface area contributed by atoms with Crippen LogP contribution in [0.5, 0.6) is 0 Å². The zero-order valence-corrected chi connectivity index (χ0v) is 9.85. The summed E-state index contributed by atoms with van der Waals surface area (Å²) < 4.78 is 2.07. The van der Waals surface area contributed by atoms with E-state index in [1.807, 2.05) is 18.2 Å². The molecule has 0 bridgehead atoms. The maximum absolute atomic E-state index is 5.69. The van der Waals surface area contributed by atoms with Crippen LogP contribution in [0.4, 0.5) is 0 Å². The molecule has 0 atom stereocenters. The molecule has 16 heavy (non-hydrogen) atoms. The van der Waals surface area contributed by atoms with E-state index < -0.39 is 0 Å². The quantitative estimate of drug-likeness (QED) is 0.829. The predicted octanol–water partition coefficient (Wildman–Crippen LogP) is 0.897. The monoisotopic (exact) mass is 218 g/mol. The maximum atomic E-state index is 5.69. The topological polar surface area (TPSA) is 46.6 Å². The van der Waals surface area contributed by atoms with Gasteiger partial charge in [0, 0.05) is 31.4 Å². The largest absolute Gasteiger partial charge is 0.325 e. The van der Waals surface area contributed by atoms with Gasteiger partial charge in [-0.15, -0.1) is 0 Å². The van der Waals surface area contributed by atoms with Gasteiger partial charge in [0.2, 0.25) is 0 Å². The third kappa shape index (κ3) is 2.23. The van der Waals surface area contributed by atoms with Gasteiger partial charge in [0.05, 0.1) is 5.69 Å². The molecule has 0 amide bonds. The van der Waals surface area contributed by atoms with Crippen molar-refractivity contribution in [1.82, 2.24) is 14.3 Å². The molecule has 2 aromatic rings. The molecule has 2 aromatic heterocycles. The van der Waals surface area contributed by atoms with Crippen molar-refractivity contribution in [3.05, 3.63) is 35.8 Å². The van der Waals surface area contributed by atoms with E-state index in [2.05, 4.69) is 34.6 Å². The highest BCUT2D eigenvalue weighted by atomic mass is 15.1. The molecule has 0 aliphatic rings. The minimum absolute atomic E-state index is 0.542. The van der Waals surface area contributed by atoms with E-state index in [1.54, 1.807) is 0 Å². The highest BCUT2D eigenvalue weighted by Gasteiger charge is 2.04. The third-order valence-corrected chi connectivity index (χ3v) is 2.65. The van der Waals surface area contributed by atoms with Gasteiger partial charge < -0.3 is 15.0 Å². The molecule has 0 aliphatic carbocycles. The SMILES string of the molecule is CN(C)CCc1cn2c(CN)cccc2n1. The lowest BCUT2D eigenvalue weighted by Crippen LogP contribution is -2.15. The van der Waals surface area contributed by atoms with Crippen LogP contribution in [0.2, 0.25) is 0 Å². The Kier molecular flexibility index (Phi) is 3.22. The van der Waals surface area contributed by atoms with Gasteiger partial charge in [-0.05, 0) is 26.2 Å². The number of hydrogen-bond acceptors (Lipinski definition) is 3. The molecular weight excluding hydrogens is 200 g/mol. The lowest BCUT2D eigenvalue weighted by molar-refractivity contribution is 0.412. The summed E-state index contributed by atoms with van der Waals surface area (Å²) >= 11 is 0. The number of aromatic nitrogens is 2. The van der Waals surface area contributed by atoms with E-state index >= 15 is 0 Å². The average molecular weight is 218 g/mol. The van der Waals surface area contributed by atoms with Crippen LogP contribution >= 0.6 is 0 Å². The van der Waals surface area contributed by atoms with Crippen molar-refractivity contribution in [2.45, 2.75) is 13.0 Å². The first-order chi connectivity index (χ1) is 7.70. The molecule has 0 fully saturated rings. The fourth-order valence-electron chi connectivity index (χ4n) is 1.74. The number of fused-ring (bicyclic) bond motifs is 1. The molecule has 4 heteroatoms. The van der Waals surface area contributed by atoms with E-state index in [0.717, 1.165) is 30.0 Å². The van der Waals surface area contributed by atoms with Crippen LogP contribution in [0.15, 0.2) is 24.4 Å². The van der Waals surface area contributed by atoms with E-state index in [-0.39, 0.29) is 0 Å². The van der Waals surface area contributed by atoms with Gasteiger partial charge in [-0.1, -0.05) is 6.07 Å².